The van der Waals surface area contributed by atoms with Gasteiger partial charge in [0.05, 0.1) is 26.5 Å². The fraction of sp³-hybridized carbons (Fsp3) is 0.333. The smallest absolute Gasteiger partial charge is 0.204 e. The standard InChI is InChI=1S/C21H24N4O2S/c1-2-27-19-10-8-17(9-11-19)20-22-24(16-23-12-14-26-15-13-23)21(28)25(20)18-6-4-3-5-7-18/h3-11H,2,12-16H2,1H3. The number of morpholine rings is 1. The Hall–Kier alpha value is -2.48. The Bertz CT molecular complexity index is 960. The van der Waals surface area contributed by atoms with Gasteiger partial charge in [-0.15, -0.1) is 5.10 Å². The van der Waals surface area contributed by atoms with Crippen molar-refractivity contribution in [1.82, 2.24) is 19.2 Å². The molecule has 1 aliphatic heterocycles. The zero-order valence-electron chi connectivity index (χ0n) is 16.0. The fourth-order valence-corrected chi connectivity index (χ4v) is 3.59. The molecule has 1 aliphatic rings. The van der Waals surface area contributed by atoms with Crippen LogP contribution in [0.2, 0.25) is 0 Å². The van der Waals surface area contributed by atoms with Crippen molar-refractivity contribution in [3.8, 4) is 22.8 Å². The van der Waals surface area contributed by atoms with Crippen LogP contribution in [0.15, 0.2) is 54.6 Å². The summed E-state index contributed by atoms with van der Waals surface area (Å²) in [6.07, 6.45) is 0. The van der Waals surface area contributed by atoms with Gasteiger partial charge >= 0.3 is 0 Å². The molecule has 0 bridgehead atoms. The number of rotatable bonds is 6. The van der Waals surface area contributed by atoms with Crippen molar-refractivity contribution in [3.05, 3.63) is 59.4 Å². The summed E-state index contributed by atoms with van der Waals surface area (Å²) in [7, 11) is 0. The highest BCUT2D eigenvalue weighted by Crippen LogP contribution is 2.25. The Morgan fingerprint density at radius 3 is 2.43 bits per heavy atom. The maximum absolute atomic E-state index is 5.81. The second-order valence-electron chi connectivity index (χ2n) is 6.61. The van der Waals surface area contributed by atoms with Crippen LogP contribution in [0.5, 0.6) is 5.75 Å². The highest BCUT2D eigenvalue weighted by molar-refractivity contribution is 7.71. The number of para-hydroxylation sites is 1. The molecule has 146 valence electrons. The lowest BCUT2D eigenvalue weighted by atomic mass is 10.2. The minimum Gasteiger partial charge on any atom is -0.494 e. The third kappa shape index (κ3) is 4.01. The summed E-state index contributed by atoms with van der Waals surface area (Å²) in [5.74, 6) is 1.68. The van der Waals surface area contributed by atoms with E-state index in [1.54, 1.807) is 0 Å². The number of nitrogens with zero attached hydrogens (tertiary/aromatic N) is 4. The van der Waals surface area contributed by atoms with E-state index in [0.717, 1.165) is 49.1 Å². The van der Waals surface area contributed by atoms with Crippen molar-refractivity contribution in [3.63, 3.8) is 0 Å². The molecule has 1 aromatic heterocycles. The van der Waals surface area contributed by atoms with Gasteiger partial charge in [0.15, 0.2) is 5.82 Å². The summed E-state index contributed by atoms with van der Waals surface area (Å²) in [6, 6.07) is 18.1. The Morgan fingerprint density at radius 2 is 1.75 bits per heavy atom. The largest absolute Gasteiger partial charge is 0.494 e. The Balaban J connectivity index is 1.75. The van der Waals surface area contributed by atoms with Crippen LogP contribution in [-0.2, 0) is 11.4 Å². The van der Waals surface area contributed by atoms with Gasteiger partial charge < -0.3 is 9.47 Å². The van der Waals surface area contributed by atoms with Crippen LogP contribution in [0.1, 0.15) is 6.92 Å². The SMILES string of the molecule is CCOc1ccc(-c2nn(CN3CCOCC3)c(=S)n2-c2ccccc2)cc1. The van der Waals surface area contributed by atoms with Crippen molar-refractivity contribution >= 4 is 12.2 Å². The minimum absolute atomic E-state index is 0.647. The van der Waals surface area contributed by atoms with Crippen molar-refractivity contribution in [2.45, 2.75) is 13.6 Å². The van der Waals surface area contributed by atoms with E-state index in [4.69, 9.17) is 26.8 Å². The van der Waals surface area contributed by atoms with Crippen molar-refractivity contribution in [2.24, 2.45) is 0 Å². The quantitative estimate of drug-likeness (QED) is 0.594. The molecular weight excluding hydrogens is 372 g/mol. The molecule has 0 atom stereocenters. The van der Waals surface area contributed by atoms with Gasteiger partial charge in [-0.2, -0.15) is 0 Å². The van der Waals surface area contributed by atoms with Gasteiger partial charge in [0, 0.05) is 24.3 Å². The van der Waals surface area contributed by atoms with Crippen LogP contribution in [0, 0.1) is 4.77 Å². The predicted molar refractivity (Wildman–Crippen MR) is 111 cm³/mol. The highest BCUT2D eigenvalue weighted by atomic mass is 32.1. The molecule has 7 heteroatoms. The summed E-state index contributed by atoms with van der Waals surface area (Å²) < 4.78 is 15.6. The molecule has 28 heavy (non-hydrogen) atoms. The van der Waals surface area contributed by atoms with Gasteiger partial charge in [0.2, 0.25) is 4.77 Å². The molecule has 1 saturated heterocycles. The normalized spacial score (nSPS) is 14.9. The summed E-state index contributed by atoms with van der Waals surface area (Å²) in [4.78, 5) is 2.31. The third-order valence-corrected chi connectivity index (χ3v) is 5.11. The molecule has 6 nitrogen and oxygen atoms in total. The second kappa shape index (κ2) is 8.68. The van der Waals surface area contributed by atoms with E-state index in [-0.39, 0.29) is 0 Å². The molecule has 2 heterocycles. The molecule has 0 aliphatic carbocycles. The first-order chi connectivity index (χ1) is 13.8. The summed E-state index contributed by atoms with van der Waals surface area (Å²) in [5.41, 5.74) is 2.00. The topological polar surface area (TPSA) is 44.4 Å². The van der Waals surface area contributed by atoms with Crippen LogP contribution < -0.4 is 4.74 Å². The third-order valence-electron chi connectivity index (χ3n) is 4.71. The number of hydrogen-bond acceptors (Lipinski definition) is 5. The van der Waals surface area contributed by atoms with Crippen LogP contribution in [0.3, 0.4) is 0 Å². The van der Waals surface area contributed by atoms with E-state index in [2.05, 4.69) is 17.0 Å². The van der Waals surface area contributed by atoms with Gasteiger partial charge in [-0.3, -0.25) is 9.47 Å². The average molecular weight is 397 g/mol. The fourth-order valence-electron chi connectivity index (χ4n) is 3.30. The van der Waals surface area contributed by atoms with Crippen molar-refractivity contribution < 1.29 is 9.47 Å². The van der Waals surface area contributed by atoms with Gasteiger partial charge in [-0.05, 0) is 55.5 Å². The minimum atomic E-state index is 0.647. The van der Waals surface area contributed by atoms with Gasteiger partial charge in [0.1, 0.15) is 5.75 Å². The van der Waals surface area contributed by atoms with Crippen LogP contribution >= 0.6 is 12.2 Å². The molecule has 0 saturated carbocycles. The van der Waals surface area contributed by atoms with Crippen LogP contribution in [-0.4, -0.2) is 52.2 Å². The molecule has 0 radical (unpaired) electrons. The molecule has 0 spiro atoms. The lowest BCUT2D eigenvalue weighted by molar-refractivity contribution is 0.0210. The molecule has 3 aromatic rings. The second-order valence-corrected chi connectivity index (χ2v) is 6.97. The van der Waals surface area contributed by atoms with Crippen molar-refractivity contribution in [2.75, 3.05) is 32.9 Å². The number of ether oxygens (including phenoxy) is 2. The van der Waals surface area contributed by atoms with Crippen LogP contribution in [0.4, 0.5) is 0 Å². The highest BCUT2D eigenvalue weighted by Gasteiger charge is 2.17. The maximum Gasteiger partial charge on any atom is 0.204 e. The molecular formula is C21H24N4O2S. The van der Waals surface area contributed by atoms with E-state index in [9.17, 15) is 0 Å². The maximum atomic E-state index is 5.81. The van der Waals surface area contributed by atoms with Gasteiger partial charge in [-0.1, -0.05) is 18.2 Å². The average Bonchev–Trinajstić information content (AvgIpc) is 3.06. The number of aromatic nitrogens is 3. The first-order valence-corrected chi connectivity index (χ1v) is 9.95. The summed E-state index contributed by atoms with van der Waals surface area (Å²) >= 11 is 5.81. The Labute approximate surface area is 169 Å². The molecule has 4 rings (SSSR count). The predicted octanol–water partition coefficient (Wildman–Crippen LogP) is 3.76. The zero-order valence-corrected chi connectivity index (χ0v) is 16.8. The first kappa shape index (κ1) is 18.9. The summed E-state index contributed by atoms with van der Waals surface area (Å²) in [6.45, 7) is 6.56. The van der Waals surface area contributed by atoms with Crippen LogP contribution in [0.25, 0.3) is 17.1 Å². The monoisotopic (exact) mass is 396 g/mol. The van der Waals surface area contributed by atoms with E-state index >= 15 is 0 Å². The van der Waals surface area contributed by atoms with E-state index in [1.807, 2.05) is 58.6 Å². The van der Waals surface area contributed by atoms with E-state index < -0.39 is 0 Å². The first-order valence-electron chi connectivity index (χ1n) is 9.55. The Kier molecular flexibility index (Phi) is 5.85. The zero-order chi connectivity index (χ0) is 19.3. The molecule has 0 amide bonds. The van der Waals surface area contributed by atoms with E-state index in [0.29, 0.717) is 18.0 Å². The molecule has 0 N–H and O–H groups in total. The summed E-state index contributed by atoms with van der Waals surface area (Å²) in [5, 5.41) is 4.88. The number of benzene rings is 2. The van der Waals surface area contributed by atoms with E-state index in [1.165, 1.54) is 0 Å². The molecule has 2 aromatic carbocycles. The molecule has 1 fully saturated rings. The molecule has 0 unspecified atom stereocenters. The van der Waals surface area contributed by atoms with Crippen molar-refractivity contribution in [1.29, 1.82) is 0 Å². The van der Waals surface area contributed by atoms with Gasteiger partial charge in [-0.25, -0.2) is 4.68 Å². The lowest BCUT2D eigenvalue weighted by Crippen LogP contribution is -2.37. The van der Waals surface area contributed by atoms with Gasteiger partial charge in [0.25, 0.3) is 0 Å². The number of hydrogen-bond donors (Lipinski definition) is 0. The lowest BCUT2D eigenvalue weighted by Gasteiger charge is -2.26. The Morgan fingerprint density at radius 1 is 1.04 bits per heavy atom.